The van der Waals surface area contributed by atoms with Gasteiger partial charge in [-0.15, -0.1) is 0 Å². The maximum atomic E-state index is 6.18. The van der Waals surface area contributed by atoms with Crippen molar-refractivity contribution in [1.29, 1.82) is 0 Å². The van der Waals surface area contributed by atoms with E-state index in [0.717, 1.165) is 53.4 Å². The van der Waals surface area contributed by atoms with Crippen LogP contribution in [0.25, 0.3) is 5.70 Å². The van der Waals surface area contributed by atoms with Crippen molar-refractivity contribution >= 4 is 29.9 Å². The summed E-state index contributed by atoms with van der Waals surface area (Å²) >= 11 is 1.96. The van der Waals surface area contributed by atoms with Crippen LogP contribution in [0.4, 0.5) is 0 Å². The van der Waals surface area contributed by atoms with Crippen LogP contribution in [-0.2, 0) is 4.74 Å². The lowest BCUT2D eigenvalue weighted by Crippen LogP contribution is -2.11. The van der Waals surface area contributed by atoms with Crippen molar-refractivity contribution in [2.24, 2.45) is 21.6 Å². The molecule has 0 spiro atoms. The Morgan fingerprint density at radius 2 is 1.77 bits per heavy atom. The third-order valence-corrected chi connectivity index (χ3v) is 7.87. The molecule has 1 aromatic rings. The molecule has 1 aromatic carbocycles. The average molecular weight is 566 g/mol. The molecule has 2 unspecified atom stereocenters. The third-order valence-electron chi connectivity index (χ3n) is 6.63. The van der Waals surface area contributed by atoms with Crippen molar-refractivity contribution in [3.05, 3.63) is 76.2 Å². The van der Waals surface area contributed by atoms with E-state index in [1.807, 2.05) is 31.8 Å². The second-order valence-corrected chi connectivity index (χ2v) is 11.8. The van der Waals surface area contributed by atoms with Crippen molar-refractivity contribution in [3.63, 3.8) is 0 Å². The van der Waals surface area contributed by atoms with Gasteiger partial charge in [-0.3, -0.25) is 9.98 Å². The SMILES string of the molecule is C/C(CSCC1CCC(C)O1)=C(\N=CC(C)C)c1ccccc1.CC=N/C(C)=C(/C=C\CCC)C(\N)=C(/C)CC. The lowest BCUT2D eigenvalue weighted by Gasteiger charge is -2.12. The van der Waals surface area contributed by atoms with E-state index in [4.69, 9.17) is 15.5 Å². The van der Waals surface area contributed by atoms with Crippen LogP contribution in [0.2, 0.25) is 0 Å². The summed E-state index contributed by atoms with van der Waals surface area (Å²) in [5, 5.41) is 0. The van der Waals surface area contributed by atoms with Gasteiger partial charge >= 0.3 is 0 Å². The predicted octanol–water partition coefficient (Wildman–Crippen LogP) is 9.80. The average Bonchev–Trinajstić information content (AvgIpc) is 3.36. The van der Waals surface area contributed by atoms with Crippen LogP contribution in [0.5, 0.6) is 0 Å². The number of rotatable bonds is 13. The van der Waals surface area contributed by atoms with Crippen LogP contribution >= 0.6 is 11.8 Å². The number of nitrogens with two attached hydrogens (primary N) is 1. The van der Waals surface area contributed by atoms with Crippen LogP contribution < -0.4 is 5.73 Å². The van der Waals surface area contributed by atoms with Crippen LogP contribution in [0.3, 0.4) is 0 Å². The molecule has 0 radical (unpaired) electrons. The van der Waals surface area contributed by atoms with E-state index < -0.39 is 0 Å². The highest BCUT2D eigenvalue weighted by molar-refractivity contribution is 7.99. The predicted molar refractivity (Wildman–Crippen MR) is 181 cm³/mol. The monoisotopic (exact) mass is 565 g/mol. The zero-order valence-corrected chi connectivity index (χ0v) is 27.5. The van der Waals surface area contributed by atoms with E-state index >= 15 is 0 Å². The van der Waals surface area contributed by atoms with Gasteiger partial charge in [-0.2, -0.15) is 11.8 Å². The number of nitrogens with zero attached hydrogens (tertiary/aromatic N) is 2. The lowest BCUT2D eigenvalue weighted by atomic mass is 10.0. The molecule has 0 bridgehead atoms. The van der Waals surface area contributed by atoms with Crippen molar-refractivity contribution in [3.8, 4) is 0 Å². The molecule has 2 rings (SSSR count). The zero-order valence-electron chi connectivity index (χ0n) is 26.7. The molecule has 2 N–H and O–H groups in total. The van der Waals surface area contributed by atoms with Crippen LogP contribution in [-0.4, -0.2) is 36.1 Å². The van der Waals surface area contributed by atoms with E-state index in [0.29, 0.717) is 18.1 Å². The Bertz CT molecular complexity index is 1050. The van der Waals surface area contributed by atoms with Gasteiger partial charge in [-0.05, 0) is 77.4 Å². The molecule has 1 fully saturated rings. The summed E-state index contributed by atoms with van der Waals surface area (Å²) in [6.07, 6.45) is 14.6. The largest absolute Gasteiger partial charge is 0.398 e. The third kappa shape index (κ3) is 13.8. The number of ether oxygens (including phenoxy) is 1. The Morgan fingerprint density at radius 1 is 1.07 bits per heavy atom. The van der Waals surface area contributed by atoms with Crippen molar-refractivity contribution in [1.82, 2.24) is 0 Å². The van der Waals surface area contributed by atoms with Gasteiger partial charge in [-0.1, -0.05) is 76.6 Å². The molecule has 4 nitrogen and oxygen atoms in total. The van der Waals surface area contributed by atoms with Gasteiger partial charge in [0.15, 0.2) is 0 Å². The Kier molecular flexibility index (Phi) is 18.3. The fourth-order valence-corrected chi connectivity index (χ4v) is 5.20. The number of hydrogen-bond acceptors (Lipinski definition) is 5. The Hall–Kier alpha value is -2.37. The maximum Gasteiger partial charge on any atom is 0.0695 e. The van der Waals surface area contributed by atoms with Crippen LogP contribution in [0.15, 0.2) is 80.6 Å². The number of benzene rings is 1. The lowest BCUT2D eigenvalue weighted by molar-refractivity contribution is 0.0700. The molecule has 0 aromatic heterocycles. The summed E-state index contributed by atoms with van der Waals surface area (Å²) in [5.74, 6) is 2.55. The Morgan fingerprint density at radius 3 is 2.33 bits per heavy atom. The number of hydrogen-bond donors (Lipinski definition) is 1. The molecule has 5 heteroatoms. The fraction of sp³-hybridized carbons (Fsp3) is 0.543. The molecular formula is C35H55N3OS. The number of thioether (sulfide) groups is 1. The summed E-state index contributed by atoms with van der Waals surface area (Å²) in [4.78, 5) is 9.10. The van der Waals surface area contributed by atoms with Gasteiger partial charge in [0.2, 0.25) is 0 Å². The summed E-state index contributed by atoms with van der Waals surface area (Å²) in [7, 11) is 0. The first-order chi connectivity index (χ1) is 19.1. The molecule has 1 saturated heterocycles. The van der Waals surface area contributed by atoms with Gasteiger partial charge in [0, 0.05) is 46.5 Å². The van der Waals surface area contributed by atoms with Crippen molar-refractivity contribution < 1.29 is 4.74 Å². The van der Waals surface area contributed by atoms with Crippen molar-refractivity contribution in [2.45, 2.75) is 107 Å². The molecule has 222 valence electrons. The number of aliphatic imine (C=N–C) groups is 2. The first-order valence-corrected chi connectivity index (χ1v) is 16.1. The molecule has 0 amide bonds. The quantitative estimate of drug-likeness (QED) is 0.191. The van der Waals surface area contributed by atoms with Crippen LogP contribution in [0.1, 0.15) is 100.0 Å². The topological polar surface area (TPSA) is 60.0 Å². The molecule has 1 aliphatic rings. The molecule has 2 atom stereocenters. The normalized spacial score (nSPS) is 19.6. The minimum absolute atomic E-state index is 0.433. The summed E-state index contributed by atoms with van der Waals surface area (Å²) < 4.78 is 5.90. The molecule has 40 heavy (non-hydrogen) atoms. The molecule has 1 aliphatic heterocycles. The van der Waals surface area contributed by atoms with Gasteiger partial charge in [-0.25, -0.2) is 0 Å². The van der Waals surface area contributed by atoms with Gasteiger partial charge in [0.05, 0.1) is 17.9 Å². The number of unbranched alkanes of at least 4 members (excludes halogenated alkanes) is 1. The zero-order chi connectivity index (χ0) is 29.9. The van der Waals surface area contributed by atoms with Crippen molar-refractivity contribution in [2.75, 3.05) is 11.5 Å². The molecule has 1 heterocycles. The van der Waals surface area contributed by atoms with Crippen LogP contribution in [0, 0.1) is 5.92 Å². The highest BCUT2D eigenvalue weighted by atomic mass is 32.2. The summed E-state index contributed by atoms with van der Waals surface area (Å²) in [6, 6.07) is 10.5. The van der Waals surface area contributed by atoms with E-state index in [-0.39, 0.29) is 0 Å². The van der Waals surface area contributed by atoms with Gasteiger partial charge < -0.3 is 10.5 Å². The van der Waals surface area contributed by atoms with E-state index in [1.165, 1.54) is 29.6 Å². The van der Waals surface area contributed by atoms with E-state index in [9.17, 15) is 0 Å². The highest BCUT2D eigenvalue weighted by Crippen LogP contribution is 2.26. The van der Waals surface area contributed by atoms with E-state index in [1.54, 1.807) is 6.21 Å². The fourth-order valence-electron chi connectivity index (χ4n) is 4.13. The minimum Gasteiger partial charge on any atom is -0.398 e. The minimum atomic E-state index is 0.433. The maximum absolute atomic E-state index is 6.18. The standard InChI is InChI=1S/C20H29NOS.C15H26N2/c1-15(2)12-21-20(18-8-6-5-7-9-18)16(3)13-23-14-19-11-10-17(4)22-19;1-6-9-10-11-14(13(5)17-8-3)15(16)12(4)7-2/h5-9,12,15,17,19H,10-11,13-14H2,1-4H3;8,10-11H,6-7,9,16H2,1-5H3/b20-16+,21-12?;11-10-,14-13-,15-12-,17-8?. The first kappa shape index (κ1) is 35.7. The second kappa shape index (κ2) is 20.5. The smallest absolute Gasteiger partial charge is 0.0695 e. The van der Waals surface area contributed by atoms with Gasteiger partial charge in [0.1, 0.15) is 0 Å². The second-order valence-electron chi connectivity index (χ2n) is 10.8. The summed E-state index contributed by atoms with van der Waals surface area (Å²) in [6.45, 7) is 19.0. The Balaban J connectivity index is 0.000000421. The summed E-state index contributed by atoms with van der Waals surface area (Å²) in [5.41, 5.74) is 13.9. The molecule has 0 saturated carbocycles. The molecular weight excluding hydrogens is 510 g/mol. The van der Waals surface area contributed by atoms with Gasteiger partial charge in [0.25, 0.3) is 0 Å². The van der Waals surface area contributed by atoms with E-state index in [2.05, 4.69) is 95.9 Å². The highest BCUT2D eigenvalue weighted by Gasteiger charge is 2.21. The Labute approximate surface area is 250 Å². The number of allylic oxidation sites excluding steroid dienone is 4. The molecule has 0 aliphatic carbocycles. The first-order valence-electron chi connectivity index (χ1n) is 15.0.